The number of benzene rings is 2. The summed E-state index contributed by atoms with van der Waals surface area (Å²) in [5, 5.41) is 8.93. The molecule has 4 rings (SSSR count). The van der Waals surface area contributed by atoms with Gasteiger partial charge >= 0.3 is 0 Å². The van der Waals surface area contributed by atoms with E-state index in [0.717, 1.165) is 16.8 Å². The minimum absolute atomic E-state index is 0.136. The number of aromatic nitrogens is 3. The maximum atomic E-state index is 12.7. The average molecular weight is 336 g/mol. The first-order chi connectivity index (χ1) is 11.5. The van der Waals surface area contributed by atoms with Crippen molar-refractivity contribution in [1.29, 1.82) is 0 Å². The van der Waals surface area contributed by atoms with Crippen LogP contribution in [0, 0.1) is 20.8 Å². The van der Waals surface area contributed by atoms with E-state index in [-0.39, 0.29) is 5.56 Å². The van der Waals surface area contributed by atoms with Crippen molar-refractivity contribution in [1.82, 2.24) is 14.6 Å². The standard InChI is InChI=1S/C18H16N4OS/c1-10-4-6-14(12(3)8-10)19-17-21-22-16(23)13-9-11(2)5-7-15(13)20-18(22)24-17/h4-9H,1-3H3,(H,19,21). The van der Waals surface area contributed by atoms with Crippen molar-refractivity contribution in [2.75, 3.05) is 5.32 Å². The number of hydrogen-bond donors (Lipinski definition) is 1. The second-order valence-corrected chi connectivity index (χ2v) is 6.94. The van der Waals surface area contributed by atoms with E-state index in [2.05, 4.69) is 28.4 Å². The first-order valence-corrected chi connectivity index (χ1v) is 8.47. The van der Waals surface area contributed by atoms with Crippen molar-refractivity contribution < 1.29 is 0 Å². The van der Waals surface area contributed by atoms with Gasteiger partial charge in [-0.3, -0.25) is 4.79 Å². The summed E-state index contributed by atoms with van der Waals surface area (Å²) in [7, 11) is 0. The van der Waals surface area contributed by atoms with Gasteiger partial charge in [-0.1, -0.05) is 40.7 Å². The summed E-state index contributed by atoms with van der Waals surface area (Å²) in [6.07, 6.45) is 0. The molecule has 0 unspecified atom stereocenters. The Labute approximate surface area is 142 Å². The van der Waals surface area contributed by atoms with Crippen LogP contribution in [0.5, 0.6) is 0 Å². The fraction of sp³-hybridized carbons (Fsp3) is 0.167. The van der Waals surface area contributed by atoms with Crippen LogP contribution in [0.2, 0.25) is 0 Å². The molecule has 0 aliphatic heterocycles. The molecular weight excluding hydrogens is 320 g/mol. The van der Waals surface area contributed by atoms with Crippen LogP contribution < -0.4 is 10.9 Å². The monoisotopic (exact) mass is 336 g/mol. The van der Waals surface area contributed by atoms with Crippen molar-refractivity contribution in [2.24, 2.45) is 0 Å². The maximum Gasteiger partial charge on any atom is 0.283 e. The molecule has 0 amide bonds. The smallest absolute Gasteiger partial charge is 0.283 e. The lowest BCUT2D eigenvalue weighted by atomic mass is 10.1. The second-order valence-electron chi connectivity index (χ2n) is 5.98. The van der Waals surface area contributed by atoms with Crippen LogP contribution in [0.1, 0.15) is 16.7 Å². The molecule has 2 heterocycles. The zero-order valence-corrected chi connectivity index (χ0v) is 14.4. The van der Waals surface area contributed by atoms with Gasteiger partial charge in [-0.25, -0.2) is 4.98 Å². The molecule has 5 nitrogen and oxygen atoms in total. The van der Waals surface area contributed by atoms with Crippen LogP contribution in [-0.2, 0) is 0 Å². The van der Waals surface area contributed by atoms with E-state index in [0.29, 0.717) is 21.0 Å². The lowest BCUT2D eigenvalue weighted by Gasteiger charge is -2.06. The van der Waals surface area contributed by atoms with Crippen LogP contribution in [0.3, 0.4) is 0 Å². The van der Waals surface area contributed by atoms with E-state index in [1.54, 1.807) is 0 Å². The minimum atomic E-state index is -0.136. The quantitative estimate of drug-likeness (QED) is 0.602. The van der Waals surface area contributed by atoms with Gasteiger partial charge in [0.1, 0.15) is 0 Å². The molecule has 0 radical (unpaired) electrons. The van der Waals surface area contributed by atoms with Gasteiger partial charge in [-0.15, -0.1) is 5.10 Å². The molecule has 0 saturated heterocycles. The van der Waals surface area contributed by atoms with Crippen LogP contribution in [0.25, 0.3) is 15.9 Å². The first kappa shape index (κ1) is 14.8. The molecule has 0 fully saturated rings. The molecule has 0 bridgehead atoms. The molecule has 0 spiro atoms. The summed E-state index contributed by atoms with van der Waals surface area (Å²) in [5.74, 6) is 0. The normalized spacial score (nSPS) is 11.3. The molecule has 6 heteroatoms. The maximum absolute atomic E-state index is 12.7. The Morgan fingerprint density at radius 3 is 2.58 bits per heavy atom. The molecule has 0 atom stereocenters. The number of nitrogens with one attached hydrogen (secondary N) is 1. The third kappa shape index (κ3) is 2.45. The van der Waals surface area contributed by atoms with Crippen molar-refractivity contribution in [3.63, 3.8) is 0 Å². The summed E-state index contributed by atoms with van der Waals surface area (Å²) >= 11 is 1.37. The molecule has 0 aliphatic rings. The Morgan fingerprint density at radius 1 is 1.04 bits per heavy atom. The van der Waals surface area contributed by atoms with Gasteiger partial charge in [0.05, 0.1) is 10.9 Å². The second kappa shape index (κ2) is 5.42. The molecule has 24 heavy (non-hydrogen) atoms. The van der Waals surface area contributed by atoms with E-state index in [1.807, 2.05) is 44.2 Å². The summed E-state index contributed by atoms with van der Waals surface area (Å²) in [6, 6.07) is 11.9. The van der Waals surface area contributed by atoms with E-state index in [4.69, 9.17) is 0 Å². The van der Waals surface area contributed by atoms with Gasteiger partial charge in [0.15, 0.2) is 0 Å². The van der Waals surface area contributed by atoms with E-state index < -0.39 is 0 Å². The average Bonchev–Trinajstić information content (AvgIpc) is 2.94. The summed E-state index contributed by atoms with van der Waals surface area (Å²) < 4.78 is 1.37. The number of fused-ring (bicyclic) bond motifs is 2. The van der Waals surface area contributed by atoms with Gasteiger partial charge in [-0.05, 0) is 44.5 Å². The van der Waals surface area contributed by atoms with Gasteiger partial charge < -0.3 is 5.32 Å². The van der Waals surface area contributed by atoms with Crippen molar-refractivity contribution in [3.05, 3.63) is 63.4 Å². The van der Waals surface area contributed by atoms with Crippen molar-refractivity contribution in [2.45, 2.75) is 20.8 Å². The summed E-state index contributed by atoms with van der Waals surface area (Å²) in [4.78, 5) is 17.8. The molecule has 2 aromatic carbocycles. The van der Waals surface area contributed by atoms with Crippen LogP contribution in [0.15, 0.2) is 41.2 Å². The third-order valence-electron chi connectivity index (χ3n) is 3.97. The topological polar surface area (TPSA) is 59.3 Å². The number of rotatable bonds is 2. The lowest BCUT2D eigenvalue weighted by molar-refractivity contribution is 0.919. The summed E-state index contributed by atoms with van der Waals surface area (Å²) in [6.45, 7) is 6.07. The van der Waals surface area contributed by atoms with Crippen molar-refractivity contribution >= 4 is 38.0 Å². The van der Waals surface area contributed by atoms with Gasteiger partial charge in [0.2, 0.25) is 10.1 Å². The predicted octanol–water partition coefficient (Wildman–Crippen LogP) is 3.97. The minimum Gasteiger partial charge on any atom is -0.330 e. The third-order valence-corrected chi connectivity index (χ3v) is 4.80. The van der Waals surface area contributed by atoms with Gasteiger partial charge in [0, 0.05) is 5.69 Å². The molecule has 2 aromatic heterocycles. The van der Waals surface area contributed by atoms with Gasteiger partial charge in [0.25, 0.3) is 5.56 Å². The van der Waals surface area contributed by atoms with Crippen molar-refractivity contribution in [3.8, 4) is 0 Å². The van der Waals surface area contributed by atoms with E-state index >= 15 is 0 Å². The molecular formula is C18H16N4OS. The number of anilines is 2. The highest BCUT2D eigenvalue weighted by Crippen LogP contribution is 2.25. The number of aryl methyl sites for hydroxylation is 3. The SMILES string of the molecule is Cc1ccc(Nc2nn3c(=O)c4cc(C)ccc4nc3s2)c(C)c1. The fourth-order valence-corrected chi connectivity index (χ4v) is 3.55. The molecule has 120 valence electrons. The largest absolute Gasteiger partial charge is 0.330 e. The molecule has 4 aromatic rings. The molecule has 1 N–H and O–H groups in total. The highest BCUT2D eigenvalue weighted by atomic mass is 32.1. The Hall–Kier alpha value is -2.73. The van der Waals surface area contributed by atoms with Crippen LogP contribution in [-0.4, -0.2) is 14.6 Å². The molecule has 0 saturated carbocycles. The highest BCUT2D eigenvalue weighted by molar-refractivity contribution is 7.20. The highest BCUT2D eigenvalue weighted by Gasteiger charge is 2.11. The zero-order valence-electron chi connectivity index (χ0n) is 13.6. The fourth-order valence-electron chi connectivity index (χ4n) is 2.74. The molecule has 0 aliphatic carbocycles. The number of hydrogen-bond acceptors (Lipinski definition) is 5. The predicted molar refractivity (Wildman–Crippen MR) is 98.6 cm³/mol. The van der Waals surface area contributed by atoms with Crippen LogP contribution >= 0.6 is 11.3 Å². The Kier molecular flexibility index (Phi) is 3.35. The zero-order chi connectivity index (χ0) is 16.8. The lowest BCUT2D eigenvalue weighted by Crippen LogP contribution is -2.15. The Balaban J connectivity index is 1.84. The number of nitrogens with zero attached hydrogens (tertiary/aromatic N) is 3. The van der Waals surface area contributed by atoms with E-state index in [9.17, 15) is 4.79 Å². The Bertz CT molecular complexity index is 1140. The van der Waals surface area contributed by atoms with E-state index in [1.165, 1.54) is 21.4 Å². The first-order valence-electron chi connectivity index (χ1n) is 7.66. The summed E-state index contributed by atoms with van der Waals surface area (Å²) in [5.41, 5.74) is 4.92. The Morgan fingerprint density at radius 2 is 1.79 bits per heavy atom. The van der Waals surface area contributed by atoms with Crippen LogP contribution in [0.4, 0.5) is 10.8 Å². The van der Waals surface area contributed by atoms with Gasteiger partial charge in [-0.2, -0.15) is 4.52 Å².